The summed E-state index contributed by atoms with van der Waals surface area (Å²) in [6, 6.07) is 5.21. The van der Waals surface area contributed by atoms with Gasteiger partial charge in [-0.15, -0.1) is 10.2 Å². The topological polar surface area (TPSA) is 106 Å². The third-order valence-corrected chi connectivity index (χ3v) is 5.29. The molecule has 1 aromatic heterocycles. The smallest absolute Gasteiger partial charge is 0.273 e. The van der Waals surface area contributed by atoms with E-state index in [0.29, 0.717) is 28.8 Å². The maximum atomic E-state index is 12.4. The number of carbonyl (C=O) groups is 1. The van der Waals surface area contributed by atoms with Gasteiger partial charge in [-0.1, -0.05) is 19.3 Å². The van der Waals surface area contributed by atoms with Gasteiger partial charge < -0.3 is 19.8 Å². The van der Waals surface area contributed by atoms with Crippen molar-refractivity contribution in [3.05, 3.63) is 34.2 Å². The summed E-state index contributed by atoms with van der Waals surface area (Å²) in [6.45, 7) is 0.720. The van der Waals surface area contributed by atoms with E-state index in [4.69, 9.17) is 9.47 Å². The Bertz CT molecular complexity index is 868. The number of hydrogen-bond donors (Lipinski definition) is 2. The van der Waals surface area contributed by atoms with Crippen LogP contribution in [-0.4, -0.2) is 41.9 Å². The molecule has 0 spiro atoms. The molecule has 1 aromatic carbocycles. The van der Waals surface area contributed by atoms with Crippen molar-refractivity contribution in [1.82, 2.24) is 20.5 Å². The number of ether oxygens (including phenoxy) is 2. The zero-order valence-electron chi connectivity index (χ0n) is 17.0. The summed E-state index contributed by atoms with van der Waals surface area (Å²) in [5.74, 6) is 2.01. The lowest BCUT2D eigenvalue weighted by Crippen LogP contribution is -2.31. The van der Waals surface area contributed by atoms with Gasteiger partial charge in [0.05, 0.1) is 14.2 Å². The van der Waals surface area contributed by atoms with E-state index in [1.165, 1.54) is 32.1 Å². The van der Waals surface area contributed by atoms with Crippen molar-refractivity contribution in [1.29, 1.82) is 0 Å². The van der Waals surface area contributed by atoms with Crippen molar-refractivity contribution in [2.75, 3.05) is 20.8 Å². The van der Waals surface area contributed by atoms with Crippen LogP contribution in [0.25, 0.3) is 11.4 Å². The molecule has 29 heavy (non-hydrogen) atoms. The summed E-state index contributed by atoms with van der Waals surface area (Å²) in [5.41, 5.74) is 0.524. The minimum Gasteiger partial charge on any atom is -0.497 e. The predicted molar refractivity (Wildman–Crippen MR) is 109 cm³/mol. The zero-order chi connectivity index (χ0) is 20.6. The minimum absolute atomic E-state index is 0.0571. The number of aromatic amines is 1. The van der Waals surface area contributed by atoms with Crippen molar-refractivity contribution in [3.8, 4) is 22.9 Å². The summed E-state index contributed by atoms with van der Waals surface area (Å²) in [5, 5.41) is 11.1. The molecular weight excluding hydrogens is 372 g/mol. The van der Waals surface area contributed by atoms with Crippen LogP contribution in [0.4, 0.5) is 0 Å². The van der Waals surface area contributed by atoms with Gasteiger partial charge in [0.2, 0.25) is 5.91 Å². The average molecular weight is 400 g/mol. The van der Waals surface area contributed by atoms with E-state index in [0.717, 1.165) is 6.54 Å². The van der Waals surface area contributed by atoms with E-state index in [2.05, 4.69) is 20.5 Å². The fourth-order valence-electron chi connectivity index (χ4n) is 3.57. The number of amides is 1. The number of methoxy groups -OCH3 is 2. The SMILES string of the molecule is COc1cc(OC)cc(-c2nnc(CCC(=O)NCC3CCCCC3)c(=O)[nH]2)c1. The lowest BCUT2D eigenvalue weighted by molar-refractivity contribution is -0.121. The van der Waals surface area contributed by atoms with Gasteiger partial charge in [-0.2, -0.15) is 0 Å². The van der Waals surface area contributed by atoms with Crippen LogP contribution in [0.1, 0.15) is 44.2 Å². The maximum absolute atomic E-state index is 12.4. The van der Waals surface area contributed by atoms with Crippen LogP contribution in [-0.2, 0) is 11.2 Å². The van der Waals surface area contributed by atoms with Gasteiger partial charge in [0.25, 0.3) is 5.56 Å². The Morgan fingerprint density at radius 2 is 1.79 bits per heavy atom. The number of rotatable bonds is 8. The summed E-state index contributed by atoms with van der Waals surface area (Å²) >= 11 is 0. The van der Waals surface area contributed by atoms with Crippen molar-refractivity contribution >= 4 is 5.91 Å². The second-order valence-corrected chi connectivity index (χ2v) is 7.36. The lowest BCUT2D eigenvalue weighted by atomic mass is 9.89. The molecule has 156 valence electrons. The third-order valence-electron chi connectivity index (χ3n) is 5.29. The molecule has 1 fully saturated rings. The van der Waals surface area contributed by atoms with Crippen molar-refractivity contribution in [2.45, 2.75) is 44.9 Å². The molecule has 0 aliphatic heterocycles. The average Bonchev–Trinajstić information content (AvgIpc) is 2.77. The lowest BCUT2D eigenvalue weighted by Gasteiger charge is -2.21. The van der Waals surface area contributed by atoms with Crippen LogP contribution in [0, 0.1) is 5.92 Å². The molecule has 0 unspecified atom stereocenters. The van der Waals surface area contributed by atoms with Gasteiger partial charge in [-0.25, -0.2) is 0 Å². The monoisotopic (exact) mass is 400 g/mol. The van der Waals surface area contributed by atoms with Gasteiger partial charge in [-0.3, -0.25) is 9.59 Å². The Morgan fingerprint density at radius 1 is 1.10 bits per heavy atom. The molecule has 1 aliphatic rings. The normalized spacial score (nSPS) is 14.4. The van der Waals surface area contributed by atoms with Crippen LogP contribution in [0.3, 0.4) is 0 Å². The van der Waals surface area contributed by atoms with Crippen molar-refractivity contribution < 1.29 is 14.3 Å². The number of nitrogens with one attached hydrogen (secondary N) is 2. The largest absolute Gasteiger partial charge is 0.497 e. The second kappa shape index (κ2) is 10.0. The number of benzene rings is 1. The van der Waals surface area contributed by atoms with Crippen LogP contribution in [0.15, 0.2) is 23.0 Å². The summed E-state index contributed by atoms with van der Waals surface area (Å²) in [4.78, 5) is 27.2. The molecule has 0 atom stereocenters. The highest BCUT2D eigenvalue weighted by atomic mass is 16.5. The first-order valence-electron chi connectivity index (χ1n) is 10.0. The standard InChI is InChI=1S/C21H28N4O4/c1-28-16-10-15(11-17(12-16)29-2)20-23-21(27)18(24-25-20)8-9-19(26)22-13-14-6-4-3-5-7-14/h10-12,14H,3-9,13H2,1-2H3,(H,22,26)(H,23,25,27). The number of aryl methyl sites for hydroxylation is 1. The second-order valence-electron chi connectivity index (χ2n) is 7.36. The van der Waals surface area contributed by atoms with E-state index in [9.17, 15) is 9.59 Å². The van der Waals surface area contributed by atoms with E-state index in [1.807, 2.05) is 0 Å². The Balaban J connectivity index is 1.59. The van der Waals surface area contributed by atoms with Gasteiger partial charge in [-0.05, 0) is 30.9 Å². The Hall–Kier alpha value is -2.90. The Morgan fingerprint density at radius 3 is 2.41 bits per heavy atom. The summed E-state index contributed by atoms with van der Waals surface area (Å²) in [7, 11) is 3.10. The molecule has 2 N–H and O–H groups in total. The van der Waals surface area contributed by atoms with Gasteiger partial charge in [0.15, 0.2) is 5.82 Å². The Kier molecular flexibility index (Phi) is 7.21. The van der Waals surface area contributed by atoms with E-state index in [-0.39, 0.29) is 30.0 Å². The van der Waals surface area contributed by atoms with Crippen molar-refractivity contribution in [3.63, 3.8) is 0 Å². The van der Waals surface area contributed by atoms with Gasteiger partial charge >= 0.3 is 0 Å². The van der Waals surface area contributed by atoms with Gasteiger partial charge in [0.1, 0.15) is 17.2 Å². The summed E-state index contributed by atoms with van der Waals surface area (Å²) < 4.78 is 10.5. The van der Waals surface area contributed by atoms with E-state index in [1.54, 1.807) is 32.4 Å². The van der Waals surface area contributed by atoms with Crippen LogP contribution < -0.4 is 20.3 Å². The minimum atomic E-state index is -0.350. The zero-order valence-corrected chi connectivity index (χ0v) is 17.0. The molecule has 0 bridgehead atoms. The molecule has 3 rings (SSSR count). The van der Waals surface area contributed by atoms with Crippen LogP contribution in [0.5, 0.6) is 11.5 Å². The van der Waals surface area contributed by atoms with Gasteiger partial charge in [0, 0.05) is 31.0 Å². The quantitative estimate of drug-likeness (QED) is 0.705. The first kappa shape index (κ1) is 20.8. The highest BCUT2D eigenvalue weighted by Crippen LogP contribution is 2.27. The van der Waals surface area contributed by atoms with Crippen LogP contribution in [0.2, 0.25) is 0 Å². The van der Waals surface area contributed by atoms with E-state index < -0.39 is 0 Å². The molecule has 8 nitrogen and oxygen atoms in total. The molecule has 1 aliphatic carbocycles. The maximum Gasteiger partial charge on any atom is 0.273 e. The highest BCUT2D eigenvalue weighted by Gasteiger charge is 2.15. The fourth-order valence-corrected chi connectivity index (χ4v) is 3.57. The molecule has 2 aromatic rings. The number of aromatic nitrogens is 3. The fraction of sp³-hybridized carbons (Fsp3) is 0.524. The molecule has 0 radical (unpaired) electrons. The number of nitrogens with zero attached hydrogens (tertiary/aromatic N) is 2. The molecule has 0 saturated heterocycles. The first-order chi connectivity index (χ1) is 14.1. The summed E-state index contributed by atoms with van der Waals surface area (Å²) in [6.07, 6.45) is 6.62. The third kappa shape index (κ3) is 5.79. The predicted octanol–water partition coefficient (Wildman–Crippen LogP) is 2.48. The number of H-pyrrole nitrogens is 1. The number of carbonyl (C=O) groups excluding carboxylic acids is 1. The molecule has 1 heterocycles. The first-order valence-corrected chi connectivity index (χ1v) is 10.0. The number of hydrogen-bond acceptors (Lipinski definition) is 6. The molecule has 1 saturated carbocycles. The molecule has 1 amide bonds. The molecular formula is C21H28N4O4. The van der Waals surface area contributed by atoms with E-state index >= 15 is 0 Å². The van der Waals surface area contributed by atoms with Crippen molar-refractivity contribution in [2.24, 2.45) is 5.92 Å². The highest BCUT2D eigenvalue weighted by molar-refractivity contribution is 5.76. The van der Waals surface area contributed by atoms with Crippen LogP contribution >= 0.6 is 0 Å². The molecule has 8 heteroatoms. The Labute approximate surface area is 170 Å².